The van der Waals surface area contributed by atoms with Gasteiger partial charge in [0.25, 0.3) is 5.91 Å². The lowest BCUT2D eigenvalue weighted by molar-refractivity contribution is 0.0730. The lowest BCUT2D eigenvalue weighted by Gasteiger charge is -2.26. The first-order valence-corrected chi connectivity index (χ1v) is 11.0. The standard InChI is InChI=1S/C21H26N2O5S/c1-16-6-7-20(27-2)17(14-16)8-9-22-21(24)18-4-3-5-19(15-18)29(25,26)23-10-12-28-13-11-23/h3-7,14-15H,8-13H2,1-2H3,(H,22,24). The molecule has 1 heterocycles. The number of carbonyl (C=O) groups is 1. The van der Waals surface area contributed by atoms with Gasteiger partial charge < -0.3 is 14.8 Å². The van der Waals surface area contributed by atoms with Gasteiger partial charge >= 0.3 is 0 Å². The number of methoxy groups -OCH3 is 1. The van der Waals surface area contributed by atoms with E-state index in [1.54, 1.807) is 19.2 Å². The van der Waals surface area contributed by atoms with Crippen LogP contribution in [0.15, 0.2) is 47.4 Å². The van der Waals surface area contributed by atoms with Gasteiger partial charge in [0.1, 0.15) is 5.75 Å². The molecule has 0 aliphatic carbocycles. The van der Waals surface area contributed by atoms with Gasteiger partial charge in [-0.2, -0.15) is 4.31 Å². The number of hydrogen-bond donors (Lipinski definition) is 1. The number of aryl methyl sites for hydroxylation is 1. The summed E-state index contributed by atoms with van der Waals surface area (Å²) < 4.78 is 37.5. The van der Waals surface area contributed by atoms with Crippen molar-refractivity contribution in [2.75, 3.05) is 40.0 Å². The Bertz CT molecular complexity index is 969. The highest BCUT2D eigenvalue weighted by Crippen LogP contribution is 2.20. The van der Waals surface area contributed by atoms with Crippen molar-refractivity contribution in [3.05, 3.63) is 59.2 Å². The summed E-state index contributed by atoms with van der Waals surface area (Å²) in [5, 5.41) is 2.85. The number of sulfonamides is 1. The molecule has 0 radical (unpaired) electrons. The van der Waals surface area contributed by atoms with E-state index in [2.05, 4.69) is 5.32 Å². The molecule has 1 amide bonds. The lowest BCUT2D eigenvalue weighted by atomic mass is 10.1. The Balaban J connectivity index is 1.66. The van der Waals surface area contributed by atoms with Gasteiger partial charge in [-0.25, -0.2) is 8.42 Å². The van der Waals surface area contributed by atoms with Crippen LogP contribution in [0.25, 0.3) is 0 Å². The number of morpholine rings is 1. The average Bonchev–Trinajstić information content (AvgIpc) is 2.74. The van der Waals surface area contributed by atoms with Gasteiger partial charge in [-0.1, -0.05) is 23.8 Å². The van der Waals surface area contributed by atoms with Gasteiger partial charge in [0.2, 0.25) is 10.0 Å². The summed E-state index contributed by atoms with van der Waals surface area (Å²) in [5.74, 6) is 0.471. The third kappa shape index (κ3) is 5.14. The van der Waals surface area contributed by atoms with Crippen LogP contribution in [0, 0.1) is 6.92 Å². The number of hydrogen-bond acceptors (Lipinski definition) is 5. The number of ether oxygens (including phenoxy) is 2. The van der Waals surface area contributed by atoms with Gasteiger partial charge in [-0.3, -0.25) is 4.79 Å². The third-order valence-electron chi connectivity index (χ3n) is 4.82. The first-order valence-electron chi connectivity index (χ1n) is 9.51. The molecule has 2 aromatic rings. The molecule has 1 N–H and O–H groups in total. The second kappa shape index (κ2) is 9.39. The van der Waals surface area contributed by atoms with Crippen molar-refractivity contribution in [2.24, 2.45) is 0 Å². The van der Waals surface area contributed by atoms with Crippen LogP contribution in [0.2, 0.25) is 0 Å². The molecule has 0 unspecified atom stereocenters. The average molecular weight is 419 g/mol. The van der Waals surface area contributed by atoms with Crippen molar-refractivity contribution in [1.82, 2.24) is 9.62 Å². The van der Waals surface area contributed by atoms with Crippen molar-refractivity contribution in [3.63, 3.8) is 0 Å². The van der Waals surface area contributed by atoms with Crippen LogP contribution in [0.4, 0.5) is 0 Å². The summed E-state index contributed by atoms with van der Waals surface area (Å²) in [6, 6.07) is 12.0. The van der Waals surface area contributed by atoms with E-state index in [4.69, 9.17) is 9.47 Å². The number of carbonyl (C=O) groups excluding carboxylic acids is 1. The largest absolute Gasteiger partial charge is 0.496 e. The molecule has 0 spiro atoms. The van der Waals surface area contributed by atoms with Crippen molar-refractivity contribution < 1.29 is 22.7 Å². The summed E-state index contributed by atoms with van der Waals surface area (Å²) in [4.78, 5) is 12.7. The van der Waals surface area contributed by atoms with Gasteiger partial charge in [0, 0.05) is 25.2 Å². The van der Waals surface area contributed by atoms with Crippen LogP contribution in [-0.2, 0) is 21.2 Å². The van der Waals surface area contributed by atoms with Crippen LogP contribution in [-0.4, -0.2) is 58.6 Å². The molecule has 0 atom stereocenters. The normalized spacial score (nSPS) is 15.1. The lowest BCUT2D eigenvalue weighted by Crippen LogP contribution is -2.40. The quantitative estimate of drug-likeness (QED) is 0.743. The van der Waals surface area contributed by atoms with Crippen LogP contribution in [0.1, 0.15) is 21.5 Å². The molecule has 2 aromatic carbocycles. The maximum Gasteiger partial charge on any atom is 0.251 e. The second-order valence-electron chi connectivity index (χ2n) is 6.87. The van der Waals surface area contributed by atoms with Gasteiger partial charge in [0.15, 0.2) is 0 Å². The molecule has 0 aromatic heterocycles. The summed E-state index contributed by atoms with van der Waals surface area (Å²) in [5.41, 5.74) is 2.44. The molecule has 7 nitrogen and oxygen atoms in total. The van der Waals surface area contributed by atoms with Gasteiger partial charge in [-0.15, -0.1) is 0 Å². The van der Waals surface area contributed by atoms with E-state index in [0.29, 0.717) is 44.8 Å². The van der Waals surface area contributed by atoms with E-state index in [1.807, 2.05) is 25.1 Å². The Kier molecular flexibility index (Phi) is 6.89. The fourth-order valence-electron chi connectivity index (χ4n) is 3.25. The highest BCUT2D eigenvalue weighted by atomic mass is 32.2. The van der Waals surface area contributed by atoms with Crippen LogP contribution >= 0.6 is 0 Å². The Morgan fingerprint density at radius 2 is 1.93 bits per heavy atom. The van der Waals surface area contributed by atoms with Crippen LogP contribution in [0.3, 0.4) is 0 Å². The minimum Gasteiger partial charge on any atom is -0.496 e. The van der Waals surface area contributed by atoms with E-state index in [0.717, 1.165) is 16.9 Å². The van der Waals surface area contributed by atoms with Crippen molar-refractivity contribution in [1.29, 1.82) is 0 Å². The van der Waals surface area contributed by atoms with Crippen LogP contribution in [0.5, 0.6) is 5.75 Å². The number of nitrogens with one attached hydrogen (secondary N) is 1. The molecule has 29 heavy (non-hydrogen) atoms. The molecule has 156 valence electrons. The van der Waals surface area contributed by atoms with Crippen molar-refractivity contribution in [3.8, 4) is 5.75 Å². The molecule has 1 fully saturated rings. The Morgan fingerprint density at radius 3 is 2.66 bits per heavy atom. The third-order valence-corrected chi connectivity index (χ3v) is 6.71. The highest BCUT2D eigenvalue weighted by Gasteiger charge is 2.26. The first kappa shape index (κ1) is 21.3. The molecule has 1 saturated heterocycles. The zero-order chi connectivity index (χ0) is 20.9. The van der Waals surface area contributed by atoms with E-state index < -0.39 is 10.0 Å². The van der Waals surface area contributed by atoms with E-state index in [-0.39, 0.29) is 10.8 Å². The van der Waals surface area contributed by atoms with E-state index in [1.165, 1.54) is 16.4 Å². The molecule has 0 bridgehead atoms. The second-order valence-corrected chi connectivity index (χ2v) is 8.80. The van der Waals surface area contributed by atoms with Gasteiger partial charge in [-0.05, 0) is 43.2 Å². The fraction of sp³-hybridized carbons (Fsp3) is 0.381. The number of rotatable bonds is 7. The molecular formula is C21H26N2O5S. The number of nitrogens with zero attached hydrogens (tertiary/aromatic N) is 1. The van der Waals surface area contributed by atoms with Gasteiger partial charge in [0.05, 0.1) is 25.2 Å². The molecule has 1 aliphatic rings. The summed E-state index contributed by atoms with van der Waals surface area (Å²) in [6.07, 6.45) is 0.613. The summed E-state index contributed by atoms with van der Waals surface area (Å²) >= 11 is 0. The highest BCUT2D eigenvalue weighted by molar-refractivity contribution is 7.89. The number of benzene rings is 2. The fourth-order valence-corrected chi connectivity index (χ4v) is 4.70. The summed E-state index contributed by atoms with van der Waals surface area (Å²) in [7, 11) is -2.02. The van der Waals surface area contributed by atoms with Crippen LogP contribution < -0.4 is 10.1 Å². The van der Waals surface area contributed by atoms with Crippen molar-refractivity contribution >= 4 is 15.9 Å². The monoisotopic (exact) mass is 418 g/mol. The Morgan fingerprint density at radius 1 is 1.17 bits per heavy atom. The first-order chi connectivity index (χ1) is 13.9. The molecular weight excluding hydrogens is 392 g/mol. The maximum absolute atomic E-state index is 12.8. The predicted octanol–water partition coefficient (Wildman–Crippen LogP) is 2.00. The molecule has 3 rings (SSSR count). The zero-order valence-corrected chi connectivity index (χ0v) is 17.5. The number of amides is 1. The maximum atomic E-state index is 12.8. The SMILES string of the molecule is COc1ccc(C)cc1CCNC(=O)c1cccc(S(=O)(=O)N2CCOCC2)c1. The van der Waals surface area contributed by atoms with Crippen molar-refractivity contribution in [2.45, 2.75) is 18.2 Å². The summed E-state index contributed by atoms with van der Waals surface area (Å²) in [6.45, 7) is 3.80. The smallest absolute Gasteiger partial charge is 0.251 e. The molecule has 0 saturated carbocycles. The van der Waals surface area contributed by atoms with E-state index in [9.17, 15) is 13.2 Å². The predicted molar refractivity (Wildman–Crippen MR) is 110 cm³/mol. The Labute approximate surface area is 171 Å². The topological polar surface area (TPSA) is 84.9 Å². The molecule has 8 heteroatoms. The van der Waals surface area contributed by atoms with E-state index >= 15 is 0 Å². The zero-order valence-electron chi connectivity index (χ0n) is 16.7. The minimum atomic E-state index is -3.64. The minimum absolute atomic E-state index is 0.118. The molecule has 1 aliphatic heterocycles. The Hall–Kier alpha value is -2.42.